The molecule has 0 unspecified atom stereocenters. The smallest absolute Gasteiger partial charge is 0.243 e. The zero-order valence-electron chi connectivity index (χ0n) is 18.5. The fourth-order valence-corrected chi connectivity index (χ4v) is 5.85. The van der Waals surface area contributed by atoms with Gasteiger partial charge in [-0.3, -0.25) is 14.4 Å². The molecule has 0 spiro atoms. The summed E-state index contributed by atoms with van der Waals surface area (Å²) >= 11 is 0. The molecule has 2 aliphatic heterocycles. The normalized spacial score (nSPS) is 17.8. The summed E-state index contributed by atoms with van der Waals surface area (Å²) in [6, 6.07) is 13.3. The number of hydrogen-bond acceptors (Lipinski definition) is 5. The van der Waals surface area contributed by atoms with Crippen LogP contribution in [0.4, 0.5) is 11.4 Å². The Balaban J connectivity index is 1.42. The van der Waals surface area contributed by atoms with Crippen LogP contribution in [-0.4, -0.2) is 50.0 Å². The predicted molar refractivity (Wildman–Crippen MR) is 125 cm³/mol. The third kappa shape index (κ3) is 4.84. The van der Waals surface area contributed by atoms with E-state index in [2.05, 4.69) is 5.32 Å². The van der Waals surface area contributed by atoms with Crippen molar-refractivity contribution in [1.82, 2.24) is 4.31 Å². The number of Topliss-reactive ketones (excluding diaryl/α,β-unsaturated/α-hetero) is 1. The molecule has 1 N–H and O–H groups in total. The topological polar surface area (TPSA) is 104 Å². The molecule has 0 radical (unpaired) electrons. The molecule has 0 atom stereocenters. The summed E-state index contributed by atoms with van der Waals surface area (Å²) in [7, 11) is -3.74. The van der Waals surface area contributed by atoms with Crippen LogP contribution < -0.4 is 10.2 Å². The highest BCUT2D eigenvalue weighted by Gasteiger charge is 2.33. The summed E-state index contributed by atoms with van der Waals surface area (Å²) in [5, 5.41) is 2.94. The fourth-order valence-electron chi connectivity index (χ4n) is 4.34. The number of hydrogen-bond donors (Lipinski definition) is 1. The van der Waals surface area contributed by atoms with E-state index in [4.69, 9.17) is 0 Å². The molecule has 2 fully saturated rings. The number of piperidine rings is 1. The van der Waals surface area contributed by atoms with Crippen LogP contribution in [0.25, 0.3) is 0 Å². The molecule has 33 heavy (non-hydrogen) atoms. The first-order valence-corrected chi connectivity index (χ1v) is 12.5. The van der Waals surface area contributed by atoms with Crippen LogP contribution in [0.5, 0.6) is 0 Å². The van der Waals surface area contributed by atoms with Crippen LogP contribution in [0.3, 0.4) is 0 Å². The van der Waals surface area contributed by atoms with E-state index in [0.29, 0.717) is 42.7 Å². The lowest BCUT2D eigenvalue weighted by atomic mass is 9.97. The molecule has 174 valence electrons. The number of anilines is 2. The molecule has 2 aromatic carbocycles. The second kappa shape index (κ2) is 9.44. The van der Waals surface area contributed by atoms with Crippen molar-refractivity contribution in [3.05, 3.63) is 54.1 Å². The fraction of sp³-hybridized carbons (Fsp3) is 0.375. The lowest BCUT2D eigenvalue weighted by Gasteiger charge is -2.31. The highest BCUT2D eigenvalue weighted by molar-refractivity contribution is 7.89. The third-order valence-corrected chi connectivity index (χ3v) is 8.12. The number of amides is 2. The van der Waals surface area contributed by atoms with Crippen LogP contribution in [-0.2, 0) is 19.6 Å². The predicted octanol–water partition coefficient (Wildman–Crippen LogP) is 3.06. The Kier molecular flexibility index (Phi) is 6.62. The Bertz CT molecular complexity index is 1190. The average Bonchev–Trinajstić information content (AvgIpc) is 3.25. The van der Waals surface area contributed by atoms with Crippen molar-refractivity contribution in [2.24, 2.45) is 5.92 Å². The zero-order chi connectivity index (χ0) is 23.6. The van der Waals surface area contributed by atoms with Crippen LogP contribution in [0.1, 0.15) is 43.0 Å². The first-order chi connectivity index (χ1) is 15.8. The van der Waals surface area contributed by atoms with E-state index in [0.717, 1.165) is 6.42 Å². The van der Waals surface area contributed by atoms with Gasteiger partial charge < -0.3 is 10.2 Å². The summed E-state index contributed by atoms with van der Waals surface area (Å²) in [4.78, 5) is 38.5. The molecule has 8 nitrogen and oxygen atoms in total. The van der Waals surface area contributed by atoms with Crippen molar-refractivity contribution in [3.8, 4) is 0 Å². The van der Waals surface area contributed by atoms with Crippen molar-refractivity contribution in [2.75, 3.05) is 29.9 Å². The molecule has 9 heteroatoms. The monoisotopic (exact) mass is 469 g/mol. The van der Waals surface area contributed by atoms with E-state index in [9.17, 15) is 22.8 Å². The van der Waals surface area contributed by atoms with E-state index in [1.807, 2.05) is 18.2 Å². The average molecular weight is 470 g/mol. The second-order valence-electron chi connectivity index (χ2n) is 8.42. The number of carbonyl (C=O) groups is 3. The Morgan fingerprint density at radius 3 is 2.39 bits per heavy atom. The molecular weight excluding hydrogens is 442 g/mol. The quantitative estimate of drug-likeness (QED) is 0.655. The molecule has 2 aromatic rings. The number of para-hydroxylation sites is 2. The molecule has 0 aromatic heterocycles. The zero-order valence-corrected chi connectivity index (χ0v) is 19.3. The number of nitrogens with one attached hydrogen (secondary N) is 1. The van der Waals surface area contributed by atoms with E-state index in [-0.39, 0.29) is 41.5 Å². The summed E-state index contributed by atoms with van der Waals surface area (Å²) < 4.78 is 27.4. The SMILES string of the molecule is CC(=O)c1cccc(S(=O)(=O)N2CCC(C(=O)Nc3ccccc3N3CCCC3=O)CC2)c1. The maximum atomic E-state index is 13.0. The van der Waals surface area contributed by atoms with E-state index in [1.165, 1.54) is 23.4 Å². The van der Waals surface area contributed by atoms with Gasteiger partial charge in [-0.25, -0.2) is 8.42 Å². The maximum absolute atomic E-state index is 13.0. The standard InChI is InChI=1S/C24H27N3O5S/c1-17(28)19-6-4-7-20(16-19)33(31,32)26-14-11-18(12-15-26)24(30)25-21-8-2-3-9-22(21)27-13-5-10-23(27)29/h2-4,6-9,16,18H,5,10-15H2,1H3,(H,25,30). The number of ketones is 1. The molecule has 2 aliphatic rings. The molecule has 2 saturated heterocycles. The van der Waals surface area contributed by atoms with Gasteiger partial charge in [0.15, 0.2) is 5.78 Å². The van der Waals surface area contributed by atoms with Gasteiger partial charge in [0.05, 0.1) is 16.3 Å². The largest absolute Gasteiger partial charge is 0.324 e. The second-order valence-corrected chi connectivity index (χ2v) is 10.4. The van der Waals surface area contributed by atoms with Crippen LogP contribution in [0.15, 0.2) is 53.4 Å². The number of carbonyl (C=O) groups excluding carboxylic acids is 3. The highest BCUT2D eigenvalue weighted by atomic mass is 32.2. The Morgan fingerprint density at radius 2 is 1.73 bits per heavy atom. The molecule has 4 rings (SSSR count). The van der Waals surface area contributed by atoms with Gasteiger partial charge in [-0.15, -0.1) is 0 Å². The van der Waals surface area contributed by atoms with Gasteiger partial charge in [0.2, 0.25) is 21.8 Å². The lowest BCUT2D eigenvalue weighted by molar-refractivity contribution is -0.121. The summed E-state index contributed by atoms with van der Waals surface area (Å²) in [5.41, 5.74) is 1.63. The molecular formula is C24H27N3O5S. The van der Waals surface area contributed by atoms with E-state index < -0.39 is 10.0 Å². The Labute approximate surface area is 193 Å². The minimum absolute atomic E-state index is 0.0454. The van der Waals surface area contributed by atoms with Crippen LogP contribution in [0.2, 0.25) is 0 Å². The minimum atomic E-state index is -3.74. The Hall–Kier alpha value is -3.04. The van der Waals surface area contributed by atoms with Gasteiger partial charge in [0, 0.05) is 37.5 Å². The molecule has 2 amide bonds. The lowest BCUT2D eigenvalue weighted by Crippen LogP contribution is -2.41. The van der Waals surface area contributed by atoms with Crippen molar-refractivity contribution < 1.29 is 22.8 Å². The van der Waals surface area contributed by atoms with E-state index >= 15 is 0 Å². The number of sulfonamides is 1. The number of nitrogens with zero attached hydrogens (tertiary/aromatic N) is 2. The van der Waals surface area contributed by atoms with Gasteiger partial charge in [0.25, 0.3) is 0 Å². The first-order valence-electron chi connectivity index (χ1n) is 11.1. The summed E-state index contributed by atoms with van der Waals surface area (Å²) in [6.07, 6.45) is 2.08. The van der Waals surface area contributed by atoms with Crippen molar-refractivity contribution in [2.45, 2.75) is 37.5 Å². The first kappa shape index (κ1) is 23.1. The Morgan fingerprint density at radius 1 is 1.00 bits per heavy atom. The van der Waals surface area contributed by atoms with Gasteiger partial charge in [0.1, 0.15) is 0 Å². The van der Waals surface area contributed by atoms with Crippen LogP contribution >= 0.6 is 0 Å². The molecule has 0 aliphatic carbocycles. The highest BCUT2D eigenvalue weighted by Crippen LogP contribution is 2.31. The molecule has 2 heterocycles. The maximum Gasteiger partial charge on any atom is 0.243 e. The van der Waals surface area contributed by atoms with Gasteiger partial charge in [-0.1, -0.05) is 24.3 Å². The summed E-state index contributed by atoms with van der Waals surface area (Å²) in [6.45, 7) is 2.47. The number of rotatable bonds is 6. The number of benzene rings is 2. The third-order valence-electron chi connectivity index (χ3n) is 6.23. The van der Waals surface area contributed by atoms with Gasteiger partial charge in [-0.2, -0.15) is 4.31 Å². The van der Waals surface area contributed by atoms with Crippen LogP contribution in [0, 0.1) is 5.92 Å². The van der Waals surface area contributed by atoms with Crippen molar-refractivity contribution in [3.63, 3.8) is 0 Å². The van der Waals surface area contributed by atoms with Gasteiger partial charge in [-0.05, 0) is 50.5 Å². The molecule has 0 saturated carbocycles. The van der Waals surface area contributed by atoms with Crippen molar-refractivity contribution >= 4 is 39.0 Å². The minimum Gasteiger partial charge on any atom is -0.324 e. The van der Waals surface area contributed by atoms with E-state index in [1.54, 1.807) is 23.1 Å². The van der Waals surface area contributed by atoms with Crippen molar-refractivity contribution in [1.29, 1.82) is 0 Å². The van der Waals surface area contributed by atoms with Gasteiger partial charge >= 0.3 is 0 Å². The summed E-state index contributed by atoms with van der Waals surface area (Å²) in [5.74, 6) is -0.658. The molecule has 0 bridgehead atoms.